The van der Waals surface area contributed by atoms with Crippen molar-refractivity contribution in [3.63, 3.8) is 0 Å². The predicted octanol–water partition coefficient (Wildman–Crippen LogP) is 3.24. The molecule has 1 aromatic heterocycles. The molecule has 3 nitrogen and oxygen atoms in total. The molecule has 0 aromatic carbocycles. The molecular formula is C16H26N2O. The lowest BCUT2D eigenvalue weighted by Gasteiger charge is -2.47. The van der Waals surface area contributed by atoms with Gasteiger partial charge in [-0.1, -0.05) is 12.8 Å². The molecule has 106 valence electrons. The maximum atomic E-state index is 6.07. The van der Waals surface area contributed by atoms with E-state index in [2.05, 4.69) is 17.0 Å². The van der Waals surface area contributed by atoms with Crippen molar-refractivity contribution in [2.45, 2.75) is 57.5 Å². The fraction of sp³-hybridized carbons (Fsp3) is 0.750. The average Bonchev–Trinajstić information content (AvgIpc) is 2.86. The van der Waals surface area contributed by atoms with Gasteiger partial charge in [-0.2, -0.15) is 0 Å². The first-order valence-corrected chi connectivity index (χ1v) is 7.81. The van der Waals surface area contributed by atoms with Crippen molar-refractivity contribution < 1.29 is 4.42 Å². The van der Waals surface area contributed by atoms with E-state index in [1.165, 1.54) is 45.1 Å². The van der Waals surface area contributed by atoms with E-state index in [9.17, 15) is 0 Å². The normalized spacial score (nSPS) is 30.0. The highest BCUT2D eigenvalue weighted by Crippen LogP contribution is 2.39. The number of furan rings is 1. The van der Waals surface area contributed by atoms with Gasteiger partial charge in [-0.05, 0) is 57.2 Å². The summed E-state index contributed by atoms with van der Waals surface area (Å²) in [4.78, 5) is 2.64. The second-order valence-corrected chi connectivity index (χ2v) is 6.19. The van der Waals surface area contributed by atoms with Crippen LogP contribution in [0.2, 0.25) is 0 Å². The minimum Gasteiger partial charge on any atom is -0.465 e. The Kier molecular flexibility index (Phi) is 3.94. The molecule has 0 radical (unpaired) electrons. The monoisotopic (exact) mass is 262 g/mol. The van der Waals surface area contributed by atoms with Crippen molar-refractivity contribution in [1.82, 2.24) is 4.90 Å². The minimum atomic E-state index is 0.277. The van der Waals surface area contributed by atoms with Gasteiger partial charge in [0, 0.05) is 12.6 Å². The molecule has 1 aromatic rings. The van der Waals surface area contributed by atoms with E-state index in [0.29, 0.717) is 6.54 Å². The summed E-state index contributed by atoms with van der Waals surface area (Å²) in [7, 11) is 0. The van der Waals surface area contributed by atoms with E-state index in [1.807, 2.05) is 6.92 Å². The van der Waals surface area contributed by atoms with Crippen molar-refractivity contribution in [2.24, 2.45) is 11.7 Å². The van der Waals surface area contributed by atoms with Crippen LogP contribution in [0.25, 0.3) is 0 Å². The number of aryl methyl sites for hydroxylation is 1. The molecule has 2 aliphatic rings. The highest BCUT2D eigenvalue weighted by molar-refractivity contribution is 5.11. The number of piperidine rings is 1. The second kappa shape index (κ2) is 5.68. The summed E-state index contributed by atoms with van der Waals surface area (Å²) in [5.41, 5.74) is 6.07. The van der Waals surface area contributed by atoms with Crippen LogP contribution in [0.5, 0.6) is 0 Å². The van der Waals surface area contributed by atoms with Crippen molar-refractivity contribution in [3.8, 4) is 0 Å². The number of hydrogen-bond donors (Lipinski definition) is 1. The highest BCUT2D eigenvalue weighted by atomic mass is 16.3. The molecule has 3 heteroatoms. The first-order valence-electron chi connectivity index (χ1n) is 7.81. The van der Waals surface area contributed by atoms with Gasteiger partial charge >= 0.3 is 0 Å². The Labute approximate surface area is 116 Å². The Balaban J connectivity index is 1.81. The molecular weight excluding hydrogens is 236 g/mol. The second-order valence-electron chi connectivity index (χ2n) is 6.19. The standard InChI is InChI=1S/C16H26N2O/c1-12-8-9-16(19-12)15(11-17)18-10-4-6-13-5-2-3-7-14(13)18/h8-9,13-15H,2-7,10-11,17H2,1H3. The van der Waals surface area contributed by atoms with Crippen LogP contribution in [0.3, 0.4) is 0 Å². The summed E-state index contributed by atoms with van der Waals surface area (Å²) in [5.74, 6) is 2.95. The van der Waals surface area contributed by atoms with Gasteiger partial charge in [0.2, 0.25) is 0 Å². The van der Waals surface area contributed by atoms with E-state index in [0.717, 1.165) is 23.5 Å². The minimum absolute atomic E-state index is 0.277. The van der Waals surface area contributed by atoms with Crippen molar-refractivity contribution in [1.29, 1.82) is 0 Å². The Morgan fingerprint density at radius 2 is 2.05 bits per heavy atom. The van der Waals surface area contributed by atoms with Crippen LogP contribution < -0.4 is 5.73 Å². The molecule has 1 saturated carbocycles. The molecule has 0 bridgehead atoms. The third kappa shape index (κ3) is 2.59. The van der Waals surface area contributed by atoms with E-state index in [-0.39, 0.29) is 6.04 Å². The molecule has 0 amide bonds. The van der Waals surface area contributed by atoms with Gasteiger partial charge in [0.25, 0.3) is 0 Å². The number of fused-ring (bicyclic) bond motifs is 1. The summed E-state index contributed by atoms with van der Waals surface area (Å²) in [6, 6.07) is 5.18. The van der Waals surface area contributed by atoms with Crippen molar-refractivity contribution in [2.75, 3.05) is 13.1 Å². The van der Waals surface area contributed by atoms with Gasteiger partial charge < -0.3 is 10.2 Å². The number of nitrogens with zero attached hydrogens (tertiary/aromatic N) is 1. The first kappa shape index (κ1) is 13.2. The topological polar surface area (TPSA) is 42.4 Å². The Bertz CT molecular complexity index is 413. The Hall–Kier alpha value is -0.800. The third-order valence-corrected chi connectivity index (χ3v) is 5.00. The van der Waals surface area contributed by atoms with E-state index in [1.54, 1.807) is 0 Å². The van der Waals surface area contributed by atoms with Gasteiger partial charge in [0.05, 0.1) is 6.04 Å². The fourth-order valence-electron chi connectivity index (χ4n) is 4.10. The predicted molar refractivity (Wildman–Crippen MR) is 76.9 cm³/mol. The maximum Gasteiger partial charge on any atom is 0.122 e. The summed E-state index contributed by atoms with van der Waals surface area (Å²) in [6.07, 6.45) is 8.29. The van der Waals surface area contributed by atoms with Crippen molar-refractivity contribution >= 4 is 0 Å². The van der Waals surface area contributed by atoms with Crippen LogP contribution in [0.4, 0.5) is 0 Å². The molecule has 3 atom stereocenters. The first-order chi connectivity index (χ1) is 9.29. The van der Waals surface area contributed by atoms with Gasteiger partial charge in [-0.25, -0.2) is 0 Å². The molecule has 3 unspecified atom stereocenters. The third-order valence-electron chi connectivity index (χ3n) is 5.00. The summed E-state index contributed by atoms with van der Waals surface area (Å²) in [5, 5.41) is 0. The zero-order valence-corrected chi connectivity index (χ0v) is 12.0. The molecule has 0 spiro atoms. The van der Waals surface area contributed by atoms with E-state index >= 15 is 0 Å². The van der Waals surface area contributed by atoms with Gasteiger partial charge in [-0.3, -0.25) is 4.90 Å². The van der Waals surface area contributed by atoms with Crippen LogP contribution in [-0.2, 0) is 0 Å². The summed E-state index contributed by atoms with van der Waals surface area (Å²) in [6.45, 7) is 3.86. The SMILES string of the molecule is Cc1ccc(C(CN)N2CCCC3CCCCC32)o1. The van der Waals surface area contributed by atoms with E-state index < -0.39 is 0 Å². The van der Waals surface area contributed by atoms with Crippen LogP contribution in [0, 0.1) is 12.8 Å². The summed E-state index contributed by atoms with van der Waals surface area (Å²) >= 11 is 0. The van der Waals surface area contributed by atoms with E-state index in [4.69, 9.17) is 10.2 Å². The largest absolute Gasteiger partial charge is 0.465 e. The zero-order chi connectivity index (χ0) is 13.2. The van der Waals surface area contributed by atoms with Gasteiger partial charge in [-0.15, -0.1) is 0 Å². The lowest BCUT2D eigenvalue weighted by atomic mass is 9.77. The number of likely N-dealkylation sites (tertiary alicyclic amines) is 1. The van der Waals surface area contributed by atoms with Crippen LogP contribution in [0.1, 0.15) is 56.1 Å². The quantitative estimate of drug-likeness (QED) is 0.909. The van der Waals surface area contributed by atoms with Crippen LogP contribution in [-0.4, -0.2) is 24.0 Å². The van der Waals surface area contributed by atoms with Gasteiger partial charge in [0.1, 0.15) is 11.5 Å². The molecule has 2 fully saturated rings. The van der Waals surface area contributed by atoms with Gasteiger partial charge in [0.15, 0.2) is 0 Å². The lowest BCUT2D eigenvalue weighted by Crippen LogP contribution is -2.49. The average molecular weight is 262 g/mol. The van der Waals surface area contributed by atoms with Crippen molar-refractivity contribution in [3.05, 3.63) is 23.7 Å². The number of rotatable bonds is 3. The Morgan fingerprint density at radius 1 is 1.26 bits per heavy atom. The maximum absolute atomic E-state index is 6.07. The molecule has 1 saturated heterocycles. The summed E-state index contributed by atoms with van der Waals surface area (Å²) < 4.78 is 5.85. The molecule has 19 heavy (non-hydrogen) atoms. The van der Waals surface area contributed by atoms with Crippen LogP contribution in [0.15, 0.2) is 16.5 Å². The smallest absolute Gasteiger partial charge is 0.122 e. The molecule has 2 N–H and O–H groups in total. The zero-order valence-electron chi connectivity index (χ0n) is 12.0. The number of nitrogens with two attached hydrogens (primary N) is 1. The Morgan fingerprint density at radius 3 is 2.79 bits per heavy atom. The lowest BCUT2D eigenvalue weighted by molar-refractivity contribution is 0.0205. The molecule has 1 aliphatic carbocycles. The highest BCUT2D eigenvalue weighted by Gasteiger charge is 2.37. The number of hydrogen-bond acceptors (Lipinski definition) is 3. The molecule has 1 aliphatic heterocycles. The molecule has 3 rings (SSSR count). The molecule has 2 heterocycles. The fourth-order valence-corrected chi connectivity index (χ4v) is 4.10. The van der Waals surface area contributed by atoms with Crippen LogP contribution >= 0.6 is 0 Å².